The van der Waals surface area contributed by atoms with Crippen LogP contribution in [0.2, 0.25) is 0 Å². The summed E-state index contributed by atoms with van der Waals surface area (Å²) in [4.78, 5) is 12.5. The van der Waals surface area contributed by atoms with Crippen molar-refractivity contribution in [2.45, 2.75) is 6.42 Å². The lowest BCUT2D eigenvalue weighted by Gasteiger charge is -2.10. The number of halogens is 2. The van der Waals surface area contributed by atoms with E-state index in [4.69, 9.17) is 13.9 Å². The first-order valence-electron chi connectivity index (χ1n) is 6.03. The quantitative estimate of drug-likeness (QED) is 0.707. The van der Waals surface area contributed by atoms with Gasteiger partial charge in [-0.15, -0.1) is 0 Å². The molecule has 0 radical (unpaired) electrons. The minimum atomic E-state index is -0.145. The zero-order valence-corrected chi connectivity index (χ0v) is 13.5. The Bertz CT molecular complexity index is 663. The van der Waals surface area contributed by atoms with E-state index in [1.54, 1.807) is 18.2 Å². The van der Waals surface area contributed by atoms with Crippen LogP contribution in [0.4, 0.5) is 0 Å². The Labute approximate surface area is 132 Å². The van der Waals surface area contributed by atoms with Crippen molar-refractivity contribution in [1.29, 1.82) is 0 Å². The number of hydrogen-bond donors (Lipinski definition) is 0. The van der Waals surface area contributed by atoms with Crippen molar-refractivity contribution in [2.24, 2.45) is 0 Å². The molecule has 0 saturated heterocycles. The molecular weight excluding hydrogens is 392 g/mol. The lowest BCUT2D eigenvalue weighted by atomic mass is 10.1. The predicted octanol–water partition coefficient (Wildman–Crippen LogP) is 4.20. The van der Waals surface area contributed by atoms with Gasteiger partial charge in [-0.25, -0.2) is 0 Å². The lowest BCUT2D eigenvalue weighted by Crippen LogP contribution is -2.03. The van der Waals surface area contributed by atoms with Crippen LogP contribution in [-0.2, 0) is 0 Å². The van der Waals surface area contributed by atoms with Crippen molar-refractivity contribution in [1.82, 2.24) is 0 Å². The SMILES string of the molecule is O=C(c1cc2c(cc1Br)OCCCO2)c1ccoc1Br. The highest BCUT2D eigenvalue weighted by atomic mass is 79.9. The molecule has 0 N–H and O–H groups in total. The van der Waals surface area contributed by atoms with Crippen LogP contribution >= 0.6 is 31.9 Å². The minimum absolute atomic E-state index is 0.145. The van der Waals surface area contributed by atoms with Gasteiger partial charge in [-0.05, 0) is 50.1 Å². The van der Waals surface area contributed by atoms with Crippen molar-refractivity contribution < 1.29 is 18.7 Å². The van der Waals surface area contributed by atoms with Crippen LogP contribution in [0, 0.1) is 0 Å². The highest BCUT2D eigenvalue weighted by Crippen LogP contribution is 2.36. The Morgan fingerprint density at radius 1 is 1.05 bits per heavy atom. The van der Waals surface area contributed by atoms with Gasteiger partial charge in [-0.3, -0.25) is 4.79 Å². The van der Waals surface area contributed by atoms with Crippen molar-refractivity contribution in [3.05, 3.63) is 44.7 Å². The first-order valence-corrected chi connectivity index (χ1v) is 7.62. The van der Waals surface area contributed by atoms with E-state index >= 15 is 0 Å². The molecule has 0 unspecified atom stereocenters. The van der Waals surface area contributed by atoms with Gasteiger partial charge in [0.2, 0.25) is 0 Å². The molecule has 1 aromatic heterocycles. The fraction of sp³-hybridized carbons (Fsp3) is 0.214. The molecule has 1 aliphatic rings. The Morgan fingerprint density at radius 2 is 1.75 bits per heavy atom. The van der Waals surface area contributed by atoms with Gasteiger partial charge in [0, 0.05) is 16.5 Å². The Hall–Kier alpha value is -1.27. The van der Waals surface area contributed by atoms with E-state index in [-0.39, 0.29) is 5.78 Å². The van der Waals surface area contributed by atoms with Gasteiger partial charge in [0.15, 0.2) is 22.0 Å². The molecule has 3 rings (SSSR count). The maximum absolute atomic E-state index is 12.5. The predicted molar refractivity (Wildman–Crippen MR) is 79.6 cm³/mol. The molecule has 0 bridgehead atoms. The number of carbonyl (C=O) groups is 1. The minimum Gasteiger partial charge on any atom is -0.490 e. The zero-order valence-electron chi connectivity index (χ0n) is 10.3. The summed E-state index contributed by atoms with van der Waals surface area (Å²) in [5.41, 5.74) is 0.983. The summed E-state index contributed by atoms with van der Waals surface area (Å²) in [5, 5.41) is 0. The van der Waals surface area contributed by atoms with Crippen molar-refractivity contribution in [3.8, 4) is 11.5 Å². The van der Waals surface area contributed by atoms with Crippen molar-refractivity contribution >= 4 is 37.6 Å². The van der Waals surface area contributed by atoms with E-state index in [0.29, 0.717) is 45.0 Å². The second kappa shape index (κ2) is 5.61. The van der Waals surface area contributed by atoms with Crippen LogP contribution in [0.25, 0.3) is 0 Å². The summed E-state index contributed by atoms with van der Waals surface area (Å²) in [6.45, 7) is 1.19. The number of rotatable bonds is 2. The molecule has 0 amide bonds. The monoisotopic (exact) mass is 400 g/mol. The van der Waals surface area contributed by atoms with Gasteiger partial charge >= 0.3 is 0 Å². The first-order chi connectivity index (χ1) is 9.66. The standard InChI is InChI=1S/C14H10Br2O4/c15-10-7-12-11(18-3-1-4-19-12)6-9(10)13(17)8-2-5-20-14(8)16/h2,5-7H,1,3-4H2. The summed E-state index contributed by atoms with van der Waals surface area (Å²) in [6, 6.07) is 5.09. The first kappa shape index (κ1) is 13.7. The number of benzene rings is 1. The molecule has 2 aromatic rings. The maximum atomic E-state index is 12.5. The Kier molecular flexibility index (Phi) is 3.85. The third kappa shape index (κ3) is 2.50. The Balaban J connectivity index is 2.04. The van der Waals surface area contributed by atoms with Crippen LogP contribution in [0.5, 0.6) is 11.5 Å². The largest absolute Gasteiger partial charge is 0.490 e. The number of furan rings is 1. The molecule has 0 aliphatic carbocycles. The molecule has 6 heteroatoms. The van der Waals surface area contributed by atoms with E-state index < -0.39 is 0 Å². The smallest absolute Gasteiger partial charge is 0.198 e. The number of ketones is 1. The maximum Gasteiger partial charge on any atom is 0.198 e. The van der Waals surface area contributed by atoms with E-state index in [2.05, 4.69) is 31.9 Å². The second-order valence-corrected chi connectivity index (χ2v) is 5.84. The molecule has 0 spiro atoms. The van der Waals surface area contributed by atoms with Gasteiger partial charge in [-0.2, -0.15) is 0 Å². The average Bonchev–Trinajstić information content (AvgIpc) is 2.72. The van der Waals surface area contributed by atoms with E-state index in [0.717, 1.165) is 6.42 Å². The molecule has 1 aromatic carbocycles. The highest BCUT2D eigenvalue weighted by Gasteiger charge is 2.21. The number of hydrogen-bond acceptors (Lipinski definition) is 4. The van der Waals surface area contributed by atoms with Crippen molar-refractivity contribution in [3.63, 3.8) is 0 Å². The lowest BCUT2D eigenvalue weighted by molar-refractivity contribution is 0.103. The normalized spacial score (nSPS) is 13.9. The van der Waals surface area contributed by atoms with Gasteiger partial charge in [0.05, 0.1) is 25.0 Å². The molecular formula is C14H10Br2O4. The molecule has 20 heavy (non-hydrogen) atoms. The van der Waals surface area contributed by atoms with E-state index in [9.17, 15) is 4.79 Å². The summed E-state index contributed by atoms with van der Waals surface area (Å²) in [7, 11) is 0. The van der Waals surface area contributed by atoms with Gasteiger partial charge in [-0.1, -0.05) is 0 Å². The van der Waals surface area contributed by atoms with Crippen molar-refractivity contribution in [2.75, 3.05) is 13.2 Å². The molecule has 0 saturated carbocycles. The summed E-state index contributed by atoms with van der Waals surface area (Å²) >= 11 is 6.63. The van der Waals surface area contributed by atoms with Gasteiger partial charge in [0.25, 0.3) is 0 Å². The summed E-state index contributed by atoms with van der Waals surface area (Å²) < 4.78 is 17.4. The van der Waals surface area contributed by atoms with Crippen LogP contribution in [0.15, 0.2) is 38.0 Å². The van der Waals surface area contributed by atoms with Crippen LogP contribution in [0.3, 0.4) is 0 Å². The van der Waals surface area contributed by atoms with Crippen LogP contribution in [0.1, 0.15) is 22.3 Å². The molecule has 2 heterocycles. The van der Waals surface area contributed by atoms with Gasteiger partial charge < -0.3 is 13.9 Å². The fourth-order valence-electron chi connectivity index (χ4n) is 1.96. The average molecular weight is 402 g/mol. The molecule has 0 fully saturated rings. The summed E-state index contributed by atoms with van der Waals surface area (Å²) in [5.74, 6) is 1.10. The topological polar surface area (TPSA) is 48.7 Å². The van der Waals surface area contributed by atoms with E-state index in [1.807, 2.05) is 0 Å². The molecule has 4 nitrogen and oxygen atoms in total. The number of fused-ring (bicyclic) bond motifs is 1. The van der Waals surface area contributed by atoms with E-state index in [1.165, 1.54) is 6.26 Å². The number of carbonyl (C=O) groups excluding carboxylic acids is 1. The summed E-state index contributed by atoms with van der Waals surface area (Å²) in [6.07, 6.45) is 2.29. The van der Waals surface area contributed by atoms with Crippen LogP contribution in [-0.4, -0.2) is 19.0 Å². The molecule has 0 atom stereocenters. The van der Waals surface area contributed by atoms with Crippen LogP contribution < -0.4 is 9.47 Å². The third-order valence-electron chi connectivity index (χ3n) is 2.94. The number of ether oxygens (including phenoxy) is 2. The second-order valence-electron chi connectivity index (χ2n) is 4.27. The van der Waals surface area contributed by atoms with Gasteiger partial charge in [0.1, 0.15) is 0 Å². The zero-order chi connectivity index (χ0) is 14.1. The Morgan fingerprint density at radius 3 is 2.40 bits per heavy atom. The molecule has 104 valence electrons. The molecule has 1 aliphatic heterocycles. The fourth-order valence-corrected chi connectivity index (χ4v) is 2.88. The highest BCUT2D eigenvalue weighted by molar-refractivity contribution is 9.10. The third-order valence-corrected chi connectivity index (χ3v) is 4.21.